The van der Waals surface area contributed by atoms with E-state index in [1.54, 1.807) is 18.2 Å². The second kappa shape index (κ2) is 11.3. The maximum absolute atomic E-state index is 13.8. The van der Waals surface area contributed by atoms with Crippen molar-refractivity contribution in [2.45, 2.75) is 40.7 Å². The van der Waals surface area contributed by atoms with Crippen molar-refractivity contribution < 1.29 is 9.53 Å². The molecule has 7 heteroatoms. The average molecular weight is 524 g/mol. The van der Waals surface area contributed by atoms with Crippen LogP contribution >= 0.6 is 11.3 Å². The summed E-state index contributed by atoms with van der Waals surface area (Å²) in [5.41, 5.74) is 4.56. The number of ether oxygens (including phenoxy) is 1. The van der Waals surface area contributed by atoms with Gasteiger partial charge >= 0.3 is 0 Å². The molecule has 0 fully saturated rings. The van der Waals surface area contributed by atoms with Crippen molar-refractivity contribution in [2.24, 2.45) is 0 Å². The van der Waals surface area contributed by atoms with Gasteiger partial charge in [-0.15, -0.1) is 11.3 Å². The lowest BCUT2D eigenvalue weighted by molar-refractivity contribution is -0.111. The number of thiazole rings is 1. The Kier molecular flexibility index (Phi) is 7.94. The third-order valence-corrected chi connectivity index (χ3v) is 7.10. The number of rotatable bonds is 6. The SMILES string of the molecule is Cc1ccc(NC(=O)C(C#N)=c2sc(=Cc3ccccc3OC(C)C)c(=O)n2-c2ccc(C)c(C)c2)cc1. The van der Waals surface area contributed by atoms with Gasteiger partial charge < -0.3 is 10.1 Å². The maximum atomic E-state index is 13.8. The van der Waals surface area contributed by atoms with Crippen molar-refractivity contribution in [3.05, 3.63) is 109 Å². The molecule has 0 atom stereocenters. The molecule has 0 aliphatic carbocycles. The van der Waals surface area contributed by atoms with Gasteiger partial charge in [-0.25, -0.2) is 0 Å². The number of anilines is 1. The predicted octanol–water partition coefficient (Wildman–Crippen LogP) is 4.75. The van der Waals surface area contributed by atoms with Crippen LogP contribution in [0.1, 0.15) is 36.1 Å². The summed E-state index contributed by atoms with van der Waals surface area (Å²) >= 11 is 1.11. The number of carbonyl (C=O) groups is 1. The molecule has 0 radical (unpaired) electrons. The smallest absolute Gasteiger partial charge is 0.273 e. The summed E-state index contributed by atoms with van der Waals surface area (Å²) in [6.45, 7) is 9.78. The Labute approximate surface area is 225 Å². The highest BCUT2D eigenvalue weighted by molar-refractivity contribution is 7.07. The van der Waals surface area contributed by atoms with Gasteiger partial charge in [-0.05, 0) is 82.2 Å². The first-order valence-corrected chi connectivity index (χ1v) is 13.1. The number of nitrogens with zero attached hydrogens (tertiary/aromatic N) is 2. The van der Waals surface area contributed by atoms with Crippen LogP contribution in [0.25, 0.3) is 17.3 Å². The molecule has 192 valence electrons. The number of para-hydroxylation sites is 1. The van der Waals surface area contributed by atoms with Crippen LogP contribution < -0.4 is 24.8 Å². The number of hydrogen-bond acceptors (Lipinski definition) is 5. The van der Waals surface area contributed by atoms with E-state index in [1.807, 2.05) is 95.3 Å². The summed E-state index contributed by atoms with van der Waals surface area (Å²) in [6, 6.07) is 22.5. The minimum atomic E-state index is -0.578. The molecule has 3 aromatic carbocycles. The van der Waals surface area contributed by atoms with E-state index in [2.05, 4.69) is 5.32 Å². The monoisotopic (exact) mass is 523 g/mol. The highest BCUT2D eigenvalue weighted by atomic mass is 32.1. The number of nitriles is 1. The van der Waals surface area contributed by atoms with Gasteiger partial charge in [0, 0.05) is 11.3 Å². The van der Waals surface area contributed by atoms with Crippen LogP contribution in [0.4, 0.5) is 5.69 Å². The topological polar surface area (TPSA) is 84.1 Å². The van der Waals surface area contributed by atoms with Crippen molar-refractivity contribution in [1.82, 2.24) is 4.57 Å². The number of hydrogen-bond donors (Lipinski definition) is 1. The van der Waals surface area contributed by atoms with E-state index in [-0.39, 0.29) is 21.9 Å². The lowest BCUT2D eigenvalue weighted by Gasteiger charge is -2.11. The number of carbonyl (C=O) groups excluding carboxylic acids is 1. The van der Waals surface area contributed by atoms with E-state index in [0.29, 0.717) is 21.7 Å². The van der Waals surface area contributed by atoms with Crippen molar-refractivity contribution in [3.63, 3.8) is 0 Å². The van der Waals surface area contributed by atoms with Gasteiger partial charge in [0.2, 0.25) is 0 Å². The van der Waals surface area contributed by atoms with Crippen molar-refractivity contribution in [1.29, 1.82) is 5.26 Å². The van der Waals surface area contributed by atoms with Gasteiger partial charge in [-0.2, -0.15) is 5.26 Å². The van der Waals surface area contributed by atoms with Crippen LogP contribution in [-0.4, -0.2) is 16.6 Å². The van der Waals surface area contributed by atoms with E-state index < -0.39 is 5.91 Å². The Morgan fingerprint density at radius 1 is 1.03 bits per heavy atom. The van der Waals surface area contributed by atoms with Gasteiger partial charge in [0.15, 0.2) is 5.57 Å². The first-order valence-electron chi connectivity index (χ1n) is 12.3. The van der Waals surface area contributed by atoms with Crippen LogP contribution in [0.15, 0.2) is 71.5 Å². The third-order valence-electron chi connectivity index (χ3n) is 6.00. The van der Waals surface area contributed by atoms with Crippen molar-refractivity contribution in [3.8, 4) is 17.5 Å². The van der Waals surface area contributed by atoms with Crippen LogP contribution in [0, 0.1) is 32.1 Å². The van der Waals surface area contributed by atoms with Gasteiger partial charge in [0.25, 0.3) is 11.5 Å². The average Bonchev–Trinajstić information content (AvgIpc) is 3.19. The molecule has 6 nitrogen and oxygen atoms in total. The lowest BCUT2D eigenvalue weighted by Crippen LogP contribution is -2.32. The maximum Gasteiger partial charge on any atom is 0.273 e. The van der Waals surface area contributed by atoms with E-state index in [0.717, 1.165) is 33.6 Å². The Bertz CT molecular complexity index is 1720. The van der Waals surface area contributed by atoms with Crippen molar-refractivity contribution in [2.75, 3.05) is 5.32 Å². The molecule has 4 rings (SSSR count). The second-order valence-electron chi connectivity index (χ2n) is 9.34. The number of aryl methyl sites for hydroxylation is 3. The summed E-state index contributed by atoms with van der Waals surface area (Å²) in [7, 11) is 0. The summed E-state index contributed by atoms with van der Waals surface area (Å²) < 4.78 is 8.03. The molecule has 0 unspecified atom stereocenters. The Morgan fingerprint density at radius 2 is 1.74 bits per heavy atom. The fourth-order valence-corrected chi connectivity index (χ4v) is 4.97. The molecule has 0 bridgehead atoms. The number of amides is 1. The second-order valence-corrected chi connectivity index (χ2v) is 10.4. The number of aromatic nitrogens is 1. The van der Waals surface area contributed by atoms with Gasteiger partial charge in [-0.3, -0.25) is 14.2 Å². The standard InChI is InChI=1S/C31H29N3O3S/c1-19(2)37-27-9-7-6-8-23(27)17-28-30(36)34(25-15-12-21(4)22(5)16-25)31(38-28)26(18-32)29(35)33-24-13-10-20(3)11-14-24/h6-17,19H,1-5H3,(H,33,35). The zero-order valence-corrected chi connectivity index (χ0v) is 22.8. The fraction of sp³-hybridized carbons (Fsp3) is 0.194. The molecule has 1 amide bonds. The van der Waals surface area contributed by atoms with Gasteiger partial charge in [0.1, 0.15) is 16.5 Å². The van der Waals surface area contributed by atoms with Crippen LogP contribution in [0.3, 0.4) is 0 Å². The predicted molar refractivity (Wildman–Crippen MR) is 153 cm³/mol. The molecule has 0 spiro atoms. The quantitative estimate of drug-likeness (QED) is 0.395. The van der Waals surface area contributed by atoms with E-state index in [9.17, 15) is 14.9 Å². The van der Waals surface area contributed by atoms with Crippen LogP contribution in [-0.2, 0) is 4.79 Å². The number of benzene rings is 3. The van der Waals surface area contributed by atoms with Crippen LogP contribution in [0.2, 0.25) is 0 Å². The van der Waals surface area contributed by atoms with E-state index >= 15 is 0 Å². The molecule has 1 aromatic heterocycles. The summed E-state index contributed by atoms with van der Waals surface area (Å²) in [5, 5.41) is 12.9. The lowest BCUT2D eigenvalue weighted by atomic mass is 10.1. The Morgan fingerprint density at radius 3 is 2.39 bits per heavy atom. The highest BCUT2D eigenvalue weighted by Crippen LogP contribution is 2.20. The first-order chi connectivity index (χ1) is 18.2. The first kappa shape index (κ1) is 26.6. The van der Waals surface area contributed by atoms with Gasteiger partial charge in [0.05, 0.1) is 16.3 Å². The third kappa shape index (κ3) is 5.77. The zero-order chi connectivity index (χ0) is 27.4. The molecule has 1 heterocycles. The van der Waals surface area contributed by atoms with Crippen LogP contribution in [0.5, 0.6) is 5.75 Å². The summed E-state index contributed by atoms with van der Waals surface area (Å²) in [6.07, 6.45) is 1.71. The van der Waals surface area contributed by atoms with Gasteiger partial charge in [-0.1, -0.05) is 42.0 Å². The van der Waals surface area contributed by atoms with E-state index in [1.165, 1.54) is 4.57 Å². The van der Waals surface area contributed by atoms with Crippen molar-refractivity contribution >= 4 is 34.6 Å². The molecular weight excluding hydrogens is 494 g/mol. The minimum absolute atomic E-state index is 0.0420. The molecule has 1 N–H and O–H groups in total. The fourth-order valence-electron chi connectivity index (χ4n) is 3.88. The Balaban J connectivity index is 1.98. The molecule has 38 heavy (non-hydrogen) atoms. The minimum Gasteiger partial charge on any atom is -0.490 e. The molecule has 0 saturated heterocycles. The normalized spacial score (nSPS) is 12.3. The largest absolute Gasteiger partial charge is 0.490 e. The van der Waals surface area contributed by atoms with E-state index in [4.69, 9.17) is 4.74 Å². The molecule has 0 aliphatic heterocycles. The molecule has 0 saturated carbocycles. The zero-order valence-electron chi connectivity index (χ0n) is 22.0. The summed E-state index contributed by atoms with van der Waals surface area (Å²) in [4.78, 5) is 27.1. The molecule has 4 aromatic rings. The Hall–Kier alpha value is -4.41. The number of nitrogens with one attached hydrogen (secondary N) is 1. The molecular formula is C31H29N3O3S. The molecule has 0 aliphatic rings. The highest BCUT2D eigenvalue weighted by Gasteiger charge is 2.18. The summed E-state index contributed by atoms with van der Waals surface area (Å²) in [5.74, 6) is 0.0708.